The smallest absolute Gasteiger partial charge is 0.341 e. The van der Waals surface area contributed by atoms with Crippen molar-refractivity contribution in [2.75, 3.05) is 11.9 Å². The van der Waals surface area contributed by atoms with Crippen LogP contribution >= 0.6 is 0 Å². The van der Waals surface area contributed by atoms with Gasteiger partial charge in [0, 0.05) is 12.7 Å². The van der Waals surface area contributed by atoms with Crippen molar-refractivity contribution in [3.63, 3.8) is 0 Å². The Morgan fingerprint density at radius 2 is 2.14 bits per heavy atom. The number of anilines is 1. The molecule has 0 radical (unpaired) electrons. The standard InChI is InChI=1S/C16H21N3O2/c1-5-21-16(20)13-9-18-19(4)15(13)10-17-14-8-11(2)6-7-12(14)3/h6-9,17H,5,10H2,1-4H3. The van der Waals surface area contributed by atoms with Crippen LogP contribution in [0.4, 0.5) is 5.69 Å². The van der Waals surface area contributed by atoms with E-state index in [0.29, 0.717) is 18.7 Å². The topological polar surface area (TPSA) is 56.1 Å². The number of rotatable bonds is 5. The summed E-state index contributed by atoms with van der Waals surface area (Å²) in [4.78, 5) is 11.9. The molecule has 2 rings (SSSR count). The van der Waals surface area contributed by atoms with Crippen molar-refractivity contribution in [3.8, 4) is 0 Å². The second-order valence-corrected chi connectivity index (χ2v) is 5.02. The lowest BCUT2D eigenvalue weighted by molar-refractivity contribution is 0.0525. The Morgan fingerprint density at radius 3 is 2.86 bits per heavy atom. The third kappa shape index (κ3) is 3.42. The first-order chi connectivity index (χ1) is 10.0. The predicted molar refractivity (Wildman–Crippen MR) is 82.4 cm³/mol. The Morgan fingerprint density at radius 1 is 1.38 bits per heavy atom. The lowest BCUT2D eigenvalue weighted by atomic mass is 10.1. The number of aryl methyl sites for hydroxylation is 3. The summed E-state index contributed by atoms with van der Waals surface area (Å²) in [7, 11) is 1.82. The summed E-state index contributed by atoms with van der Waals surface area (Å²) in [5, 5.41) is 7.51. The van der Waals surface area contributed by atoms with Crippen LogP contribution in [0, 0.1) is 13.8 Å². The van der Waals surface area contributed by atoms with E-state index in [1.807, 2.05) is 7.05 Å². The summed E-state index contributed by atoms with van der Waals surface area (Å²) in [6, 6.07) is 6.25. The van der Waals surface area contributed by atoms with E-state index in [1.165, 1.54) is 11.1 Å². The summed E-state index contributed by atoms with van der Waals surface area (Å²) in [5.41, 5.74) is 4.75. The third-order valence-corrected chi connectivity index (χ3v) is 3.40. The van der Waals surface area contributed by atoms with Crippen LogP contribution < -0.4 is 5.32 Å². The van der Waals surface area contributed by atoms with Gasteiger partial charge < -0.3 is 10.1 Å². The molecule has 21 heavy (non-hydrogen) atoms. The minimum Gasteiger partial charge on any atom is -0.462 e. The molecule has 0 saturated heterocycles. The minimum atomic E-state index is -0.330. The van der Waals surface area contributed by atoms with E-state index < -0.39 is 0 Å². The van der Waals surface area contributed by atoms with E-state index in [4.69, 9.17) is 4.74 Å². The van der Waals surface area contributed by atoms with Crippen molar-refractivity contribution in [3.05, 3.63) is 46.8 Å². The fraction of sp³-hybridized carbons (Fsp3) is 0.375. The van der Waals surface area contributed by atoms with Crippen molar-refractivity contribution >= 4 is 11.7 Å². The van der Waals surface area contributed by atoms with Gasteiger partial charge in [-0.25, -0.2) is 4.79 Å². The molecule has 5 nitrogen and oxygen atoms in total. The van der Waals surface area contributed by atoms with Crippen molar-refractivity contribution in [1.29, 1.82) is 0 Å². The average Bonchev–Trinajstić information content (AvgIpc) is 2.81. The van der Waals surface area contributed by atoms with Gasteiger partial charge in [-0.05, 0) is 38.0 Å². The molecule has 1 N–H and O–H groups in total. The van der Waals surface area contributed by atoms with E-state index in [-0.39, 0.29) is 5.97 Å². The summed E-state index contributed by atoms with van der Waals surface area (Å²) >= 11 is 0. The Labute approximate surface area is 124 Å². The molecule has 0 spiro atoms. The van der Waals surface area contributed by atoms with Gasteiger partial charge in [0.2, 0.25) is 0 Å². The zero-order chi connectivity index (χ0) is 15.4. The molecular weight excluding hydrogens is 266 g/mol. The van der Waals surface area contributed by atoms with Crippen LogP contribution in [-0.4, -0.2) is 22.4 Å². The van der Waals surface area contributed by atoms with Crippen molar-refractivity contribution in [2.24, 2.45) is 7.05 Å². The molecule has 5 heteroatoms. The van der Waals surface area contributed by atoms with Gasteiger partial charge in [-0.15, -0.1) is 0 Å². The number of carbonyl (C=O) groups excluding carboxylic acids is 1. The number of nitrogens with one attached hydrogen (secondary N) is 1. The van der Waals surface area contributed by atoms with E-state index >= 15 is 0 Å². The maximum atomic E-state index is 11.9. The fourth-order valence-corrected chi connectivity index (χ4v) is 2.16. The molecule has 0 aliphatic heterocycles. The first-order valence-electron chi connectivity index (χ1n) is 7.02. The molecule has 112 valence electrons. The molecule has 1 heterocycles. The third-order valence-electron chi connectivity index (χ3n) is 3.40. The summed E-state index contributed by atoms with van der Waals surface area (Å²) in [5.74, 6) is -0.330. The van der Waals surface area contributed by atoms with Crippen LogP contribution in [0.15, 0.2) is 24.4 Å². The number of hydrogen-bond acceptors (Lipinski definition) is 4. The highest BCUT2D eigenvalue weighted by Crippen LogP contribution is 2.18. The average molecular weight is 287 g/mol. The molecule has 1 aromatic heterocycles. The predicted octanol–water partition coefficient (Wildman–Crippen LogP) is 2.83. The number of carbonyl (C=O) groups is 1. The zero-order valence-electron chi connectivity index (χ0n) is 12.9. The molecular formula is C16H21N3O2. The maximum Gasteiger partial charge on any atom is 0.341 e. The van der Waals surface area contributed by atoms with Crippen LogP contribution in [0.25, 0.3) is 0 Å². The van der Waals surface area contributed by atoms with Crippen LogP contribution in [-0.2, 0) is 18.3 Å². The van der Waals surface area contributed by atoms with E-state index in [9.17, 15) is 4.79 Å². The highest BCUT2D eigenvalue weighted by molar-refractivity contribution is 5.90. The second kappa shape index (κ2) is 6.43. The molecule has 0 bridgehead atoms. The number of nitrogens with zero attached hydrogens (tertiary/aromatic N) is 2. The summed E-state index contributed by atoms with van der Waals surface area (Å²) < 4.78 is 6.76. The van der Waals surface area contributed by atoms with Crippen LogP contribution in [0.5, 0.6) is 0 Å². The van der Waals surface area contributed by atoms with Crippen molar-refractivity contribution in [2.45, 2.75) is 27.3 Å². The molecule has 0 amide bonds. The monoisotopic (exact) mass is 287 g/mol. The normalized spacial score (nSPS) is 10.5. The van der Waals surface area contributed by atoms with Gasteiger partial charge in [0.1, 0.15) is 5.56 Å². The van der Waals surface area contributed by atoms with Crippen LogP contribution in [0.2, 0.25) is 0 Å². The highest BCUT2D eigenvalue weighted by atomic mass is 16.5. The second-order valence-electron chi connectivity index (χ2n) is 5.02. The zero-order valence-corrected chi connectivity index (χ0v) is 12.9. The van der Waals surface area contributed by atoms with Crippen molar-refractivity contribution < 1.29 is 9.53 Å². The lowest BCUT2D eigenvalue weighted by Gasteiger charge is -2.12. The van der Waals surface area contributed by atoms with E-state index in [0.717, 1.165) is 11.4 Å². The van der Waals surface area contributed by atoms with Gasteiger partial charge in [-0.2, -0.15) is 5.10 Å². The number of benzene rings is 1. The van der Waals surface area contributed by atoms with Crippen LogP contribution in [0.3, 0.4) is 0 Å². The van der Waals surface area contributed by atoms with E-state index in [1.54, 1.807) is 17.8 Å². The quantitative estimate of drug-likeness (QED) is 0.859. The van der Waals surface area contributed by atoms with E-state index in [2.05, 4.69) is 42.5 Å². The maximum absolute atomic E-state index is 11.9. The Kier molecular flexibility index (Phi) is 4.62. The van der Waals surface area contributed by atoms with Crippen LogP contribution in [0.1, 0.15) is 34.1 Å². The number of esters is 1. The lowest BCUT2D eigenvalue weighted by Crippen LogP contribution is -2.12. The molecule has 0 atom stereocenters. The Balaban J connectivity index is 2.18. The Hall–Kier alpha value is -2.30. The first kappa shape index (κ1) is 15.1. The first-order valence-corrected chi connectivity index (χ1v) is 7.02. The fourth-order valence-electron chi connectivity index (χ4n) is 2.16. The van der Waals surface area contributed by atoms with Gasteiger partial charge in [0.15, 0.2) is 0 Å². The molecule has 0 aliphatic carbocycles. The molecule has 1 aromatic carbocycles. The van der Waals surface area contributed by atoms with Crippen molar-refractivity contribution in [1.82, 2.24) is 9.78 Å². The largest absolute Gasteiger partial charge is 0.462 e. The number of ether oxygens (including phenoxy) is 1. The Bertz CT molecular complexity index is 647. The summed E-state index contributed by atoms with van der Waals surface area (Å²) in [6.07, 6.45) is 1.55. The minimum absolute atomic E-state index is 0.330. The number of aromatic nitrogens is 2. The summed E-state index contributed by atoms with van der Waals surface area (Å²) in [6.45, 7) is 6.78. The molecule has 0 saturated carbocycles. The molecule has 0 aliphatic rings. The molecule has 0 fully saturated rings. The number of hydrogen-bond donors (Lipinski definition) is 1. The van der Waals surface area contributed by atoms with Gasteiger partial charge in [-0.1, -0.05) is 12.1 Å². The molecule has 0 unspecified atom stereocenters. The van der Waals surface area contributed by atoms with Gasteiger partial charge in [-0.3, -0.25) is 4.68 Å². The van der Waals surface area contributed by atoms with Gasteiger partial charge >= 0.3 is 5.97 Å². The SMILES string of the molecule is CCOC(=O)c1cnn(C)c1CNc1cc(C)ccc1C. The van der Waals surface area contributed by atoms with Gasteiger partial charge in [0.25, 0.3) is 0 Å². The molecule has 2 aromatic rings. The van der Waals surface area contributed by atoms with Gasteiger partial charge in [0.05, 0.1) is 25.0 Å². The highest BCUT2D eigenvalue weighted by Gasteiger charge is 2.17.